The molecule has 2 rings (SSSR count). The number of anilines is 1. The Kier molecular flexibility index (Phi) is 3.46. The smallest absolute Gasteiger partial charge is 0.129 e. The Labute approximate surface area is 94.5 Å². The second kappa shape index (κ2) is 5.23. The van der Waals surface area contributed by atoms with Gasteiger partial charge in [-0.2, -0.15) is 0 Å². The van der Waals surface area contributed by atoms with Crippen LogP contribution in [-0.2, 0) is 13.1 Å². The second-order valence-electron chi connectivity index (χ2n) is 3.42. The summed E-state index contributed by atoms with van der Waals surface area (Å²) < 4.78 is 0. The summed E-state index contributed by atoms with van der Waals surface area (Å²) in [5, 5.41) is 3.23. The van der Waals surface area contributed by atoms with Crippen LogP contribution < -0.4 is 11.1 Å². The standard InChI is InChI=1S/C12H14N4/c13-7-10-3-1-2-4-11(10)8-15-12-5-6-14-9-16-12/h1-6,9H,7-8,13H2,(H,14,15,16). The molecule has 0 saturated carbocycles. The predicted octanol–water partition coefficient (Wildman–Crippen LogP) is 1.55. The van der Waals surface area contributed by atoms with Gasteiger partial charge in [-0.15, -0.1) is 0 Å². The van der Waals surface area contributed by atoms with Crippen molar-refractivity contribution in [3.8, 4) is 0 Å². The van der Waals surface area contributed by atoms with Crippen LogP contribution in [0.25, 0.3) is 0 Å². The van der Waals surface area contributed by atoms with Crippen molar-refractivity contribution in [2.75, 3.05) is 5.32 Å². The molecule has 16 heavy (non-hydrogen) atoms. The lowest BCUT2D eigenvalue weighted by Gasteiger charge is -2.09. The van der Waals surface area contributed by atoms with E-state index in [1.54, 1.807) is 6.20 Å². The van der Waals surface area contributed by atoms with Gasteiger partial charge in [0, 0.05) is 19.3 Å². The Morgan fingerprint density at radius 1 is 1.12 bits per heavy atom. The molecule has 4 heteroatoms. The number of hydrogen-bond donors (Lipinski definition) is 2. The average Bonchev–Trinajstić information content (AvgIpc) is 2.38. The normalized spacial score (nSPS) is 10.1. The predicted molar refractivity (Wildman–Crippen MR) is 63.7 cm³/mol. The van der Waals surface area contributed by atoms with Gasteiger partial charge in [-0.1, -0.05) is 24.3 Å². The van der Waals surface area contributed by atoms with Crippen LogP contribution in [0.5, 0.6) is 0 Å². The van der Waals surface area contributed by atoms with E-state index in [0.717, 1.165) is 17.9 Å². The minimum Gasteiger partial charge on any atom is -0.366 e. The van der Waals surface area contributed by atoms with E-state index in [2.05, 4.69) is 21.4 Å². The Hall–Kier alpha value is -1.94. The molecule has 0 unspecified atom stereocenters. The molecule has 0 aliphatic carbocycles. The van der Waals surface area contributed by atoms with Crippen molar-refractivity contribution < 1.29 is 0 Å². The van der Waals surface area contributed by atoms with Crippen molar-refractivity contribution in [1.82, 2.24) is 9.97 Å². The lowest BCUT2D eigenvalue weighted by atomic mass is 10.1. The van der Waals surface area contributed by atoms with Gasteiger partial charge < -0.3 is 11.1 Å². The molecular formula is C12H14N4. The molecule has 0 amide bonds. The highest BCUT2D eigenvalue weighted by Crippen LogP contribution is 2.10. The number of nitrogens with zero attached hydrogens (tertiary/aromatic N) is 2. The van der Waals surface area contributed by atoms with Gasteiger partial charge in [0.15, 0.2) is 0 Å². The maximum Gasteiger partial charge on any atom is 0.129 e. The highest BCUT2D eigenvalue weighted by molar-refractivity contribution is 5.35. The van der Waals surface area contributed by atoms with Crippen LogP contribution in [0.4, 0.5) is 5.82 Å². The first-order valence-corrected chi connectivity index (χ1v) is 5.17. The van der Waals surface area contributed by atoms with Gasteiger partial charge >= 0.3 is 0 Å². The molecule has 1 heterocycles. The van der Waals surface area contributed by atoms with E-state index in [9.17, 15) is 0 Å². The van der Waals surface area contributed by atoms with Crippen LogP contribution in [0, 0.1) is 0 Å². The van der Waals surface area contributed by atoms with Gasteiger partial charge in [-0.25, -0.2) is 9.97 Å². The van der Waals surface area contributed by atoms with E-state index in [-0.39, 0.29) is 0 Å². The van der Waals surface area contributed by atoms with Gasteiger partial charge in [0.2, 0.25) is 0 Å². The average molecular weight is 214 g/mol. The van der Waals surface area contributed by atoms with Crippen LogP contribution in [0.3, 0.4) is 0 Å². The molecule has 0 atom stereocenters. The largest absolute Gasteiger partial charge is 0.366 e. The fraction of sp³-hybridized carbons (Fsp3) is 0.167. The van der Waals surface area contributed by atoms with Crippen molar-refractivity contribution in [2.45, 2.75) is 13.1 Å². The number of nitrogens with two attached hydrogens (primary N) is 1. The first-order chi connectivity index (χ1) is 7.90. The van der Waals surface area contributed by atoms with Crippen LogP contribution in [0.1, 0.15) is 11.1 Å². The van der Waals surface area contributed by atoms with Crippen LogP contribution in [0.2, 0.25) is 0 Å². The minimum atomic E-state index is 0.557. The lowest BCUT2D eigenvalue weighted by molar-refractivity contribution is 0.998. The van der Waals surface area contributed by atoms with E-state index in [1.165, 1.54) is 11.9 Å². The molecule has 0 aliphatic heterocycles. The Morgan fingerprint density at radius 2 is 1.94 bits per heavy atom. The molecular weight excluding hydrogens is 200 g/mol. The van der Waals surface area contributed by atoms with E-state index >= 15 is 0 Å². The van der Waals surface area contributed by atoms with Gasteiger partial charge in [0.05, 0.1) is 0 Å². The number of hydrogen-bond acceptors (Lipinski definition) is 4. The third-order valence-electron chi connectivity index (χ3n) is 2.38. The van der Waals surface area contributed by atoms with E-state index in [4.69, 9.17) is 5.73 Å². The molecule has 0 spiro atoms. The number of aromatic nitrogens is 2. The zero-order valence-corrected chi connectivity index (χ0v) is 8.93. The molecule has 1 aromatic heterocycles. The monoisotopic (exact) mass is 214 g/mol. The van der Waals surface area contributed by atoms with Crippen LogP contribution in [-0.4, -0.2) is 9.97 Å². The Morgan fingerprint density at radius 3 is 2.62 bits per heavy atom. The van der Waals surface area contributed by atoms with E-state index < -0.39 is 0 Å². The van der Waals surface area contributed by atoms with E-state index in [0.29, 0.717) is 6.54 Å². The number of benzene rings is 1. The van der Waals surface area contributed by atoms with Gasteiger partial charge in [0.25, 0.3) is 0 Å². The molecule has 3 N–H and O–H groups in total. The third-order valence-corrected chi connectivity index (χ3v) is 2.38. The molecule has 0 fully saturated rings. The SMILES string of the molecule is NCc1ccccc1CNc1ccncn1. The van der Waals surface area contributed by atoms with Crippen molar-refractivity contribution >= 4 is 5.82 Å². The molecule has 0 radical (unpaired) electrons. The van der Waals surface area contributed by atoms with E-state index in [1.807, 2.05) is 24.3 Å². The maximum atomic E-state index is 5.67. The van der Waals surface area contributed by atoms with Gasteiger partial charge in [-0.3, -0.25) is 0 Å². The summed E-state index contributed by atoms with van der Waals surface area (Å²) in [5.41, 5.74) is 8.02. The Balaban J connectivity index is 2.05. The summed E-state index contributed by atoms with van der Waals surface area (Å²) in [6.07, 6.45) is 3.24. The fourth-order valence-corrected chi connectivity index (χ4v) is 1.51. The number of rotatable bonds is 4. The van der Waals surface area contributed by atoms with Crippen molar-refractivity contribution in [3.05, 3.63) is 54.0 Å². The zero-order chi connectivity index (χ0) is 11.2. The maximum absolute atomic E-state index is 5.67. The first kappa shape index (κ1) is 10.6. The molecule has 0 aliphatic rings. The van der Waals surface area contributed by atoms with Crippen LogP contribution in [0.15, 0.2) is 42.9 Å². The highest BCUT2D eigenvalue weighted by atomic mass is 15.0. The molecule has 4 nitrogen and oxygen atoms in total. The van der Waals surface area contributed by atoms with Crippen molar-refractivity contribution in [3.63, 3.8) is 0 Å². The van der Waals surface area contributed by atoms with Crippen LogP contribution >= 0.6 is 0 Å². The first-order valence-electron chi connectivity index (χ1n) is 5.17. The van der Waals surface area contributed by atoms with Crippen molar-refractivity contribution in [1.29, 1.82) is 0 Å². The topological polar surface area (TPSA) is 63.8 Å². The quantitative estimate of drug-likeness (QED) is 0.810. The van der Waals surface area contributed by atoms with Crippen molar-refractivity contribution in [2.24, 2.45) is 5.73 Å². The zero-order valence-electron chi connectivity index (χ0n) is 8.93. The molecule has 0 saturated heterocycles. The van der Waals surface area contributed by atoms with Gasteiger partial charge in [0.1, 0.15) is 12.1 Å². The molecule has 82 valence electrons. The molecule has 2 aromatic rings. The summed E-state index contributed by atoms with van der Waals surface area (Å²) >= 11 is 0. The number of nitrogens with one attached hydrogen (secondary N) is 1. The Bertz CT molecular complexity index is 442. The minimum absolute atomic E-state index is 0.557. The fourth-order valence-electron chi connectivity index (χ4n) is 1.51. The summed E-state index contributed by atoms with van der Waals surface area (Å²) in [4.78, 5) is 7.96. The summed E-state index contributed by atoms with van der Waals surface area (Å²) in [7, 11) is 0. The third kappa shape index (κ3) is 2.55. The van der Waals surface area contributed by atoms with Gasteiger partial charge in [-0.05, 0) is 17.2 Å². The summed E-state index contributed by atoms with van der Waals surface area (Å²) in [6, 6.07) is 9.95. The summed E-state index contributed by atoms with van der Waals surface area (Å²) in [6.45, 7) is 1.28. The molecule has 1 aromatic carbocycles. The summed E-state index contributed by atoms with van der Waals surface area (Å²) in [5.74, 6) is 0.821. The molecule has 0 bridgehead atoms. The second-order valence-corrected chi connectivity index (χ2v) is 3.42. The highest BCUT2D eigenvalue weighted by Gasteiger charge is 1.99. The lowest BCUT2D eigenvalue weighted by Crippen LogP contribution is -2.06.